The van der Waals surface area contributed by atoms with Crippen LogP contribution < -0.4 is 10.2 Å². The van der Waals surface area contributed by atoms with Crippen molar-refractivity contribution in [1.29, 1.82) is 0 Å². The largest absolute Gasteiger partial charge is 0.365 e. The first-order valence-electron chi connectivity index (χ1n) is 10.1. The van der Waals surface area contributed by atoms with Gasteiger partial charge in [0, 0.05) is 49.3 Å². The van der Waals surface area contributed by atoms with Crippen LogP contribution in [0.1, 0.15) is 29.8 Å². The summed E-state index contributed by atoms with van der Waals surface area (Å²) in [4.78, 5) is 39.5. The van der Waals surface area contributed by atoms with Gasteiger partial charge in [-0.1, -0.05) is 31.5 Å². The Morgan fingerprint density at radius 2 is 1.81 bits per heavy atom. The molecule has 9 heteroatoms. The number of carbonyl (C=O) groups is 2. The number of benzene rings is 2. The molecule has 164 valence electrons. The lowest BCUT2D eigenvalue weighted by Gasteiger charge is -2.38. The molecule has 3 rings (SSSR count). The van der Waals surface area contributed by atoms with E-state index < -0.39 is 4.92 Å². The van der Waals surface area contributed by atoms with Gasteiger partial charge >= 0.3 is 0 Å². The fourth-order valence-electron chi connectivity index (χ4n) is 3.65. The highest BCUT2D eigenvalue weighted by molar-refractivity contribution is 6.34. The number of nitrogens with zero attached hydrogens (tertiary/aromatic N) is 3. The maximum atomic E-state index is 12.8. The molecule has 31 heavy (non-hydrogen) atoms. The van der Waals surface area contributed by atoms with Crippen LogP contribution in [0.3, 0.4) is 0 Å². The summed E-state index contributed by atoms with van der Waals surface area (Å²) in [6.45, 7) is 7.72. The smallest absolute Gasteiger partial charge is 0.272 e. The maximum absolute atomic E-state index is 12.8. The van der Waals surface area contributed by atoms with E-state index in [2.05, 4.69) is 10.2 Å². The molecule has 0 aliphatic carbocycles. The number of anilines is 2. The first-order valence-corrected chi connectivity index (χ1v) is 10.5. The highest BCUT2D eigenvalue weighted by Crippen LogP contribution is 2.35. The minimum Gasteiger partial charge on any atom is -0.365 e. The van der Waals surface area contributed by atoms with E-state index in [0.29, 0.717) is 53.7 Å². The van der Waals surface area contributed by atoms with Crippen LogP contribution >= 0.6 is 11.6 Å². The summed E-state index contributed by atoms with van der Waals surface area (Å²) in [5.41, 5.74) is 1.95. The fourth-order valence-corrected chi connectivity index (χ4v) is 3.94. The molecule has 0 aromatic heterocycles. The van der Waals surface area contributed by atoms with E-state index in [4.69, 9.17) is 11.6 Å². The Bertz CT molecular complexity index is 1020. The Kier molecular flexibility index (Phi) is 6.80. The number of halogens is 1. The standard InChI is InChI=1S/C22H25ClN4O4/c1-14(2)22(29)26-11-9-25(10-12-26)20-17(23)5-4-6-18(20)24-21(28)16-7-8-19(27(30)31)15(3)13-16/h4-8,13-14H,9-12H2,1-3H3,(H,24,28). The van der Waals surface area contributed by atoms with Gasteiger partial charge in [0.15, 0.2) is 0 Å². The number of hydrogen-bond acceptors (Lipinski definition) is 5. The van der Waals surface area contributed by atoms with Crippen LogP contribution in [0.4, 0.5) is 17.1 Å². The third-order valence-electron chi connectivity index (χ3n) is 5.29. The van der Waals surface area contributed by atoms with Crippen molar-refractivity contribution < 1.29 is 14.5 Å². The van der Waals surface area contributed by atoms with Gasteiger partial charge in [0.1, 0.15) is 0 Å². The van der Waals surface area contributed by atoms with Gasteiger partial charge in [-0.25, -0.2) is 0 Å². The van der Waals surface area contributed by atoms with E-state index in [1.807, 2.05) is 18.7 Å². The van der Waals surface area contributed by atoms with E-state index in [9.17, 15) is 19.7 Å². The van der Waals surface area contributed by atoms with Crippen LogP contribution in [0, 0.1) is 23.0 Å². The molecule has 0 radical (unpaired) electrons. The van der Waals surface area contributed by atoms with Crippen molar-refractivity contribution in [2.75, 3.05) is 36.4 Å². The number of amides is 2. The molecule has 1 aliphatic rings. The number of piperazine rings is 1. The zero-order valence-corrected chi connectivity index (χ0v) is 18.5. The monoisotopic (exact) mass is 444 g/mol. The van der Waals surface area contributed by atoms with Gasteiger partial charge in [0.2, 0.25) is 5.91 Å². The number of nitro groups is 1. The molecule has 1 fully saturated rings. The van der Waals surface area contributed by atoms with E-state index in [-0.39, 0.29) is 23.4 Å². The lowest BCUT2D eigenvalue weighted by molar-refractivity contribution is -0.385. The van der Waals surface area contributed by atoms with Gasteiger partial charge < -0.3 is 15.1 Å². The van der Waals surface area contributed by atoms with E-state index >= 15 is 0 Å². The normalized spacial score (nSPS) is 14.0. The van der Waals surface area contributed by atoms with Gasteiger partial charge in [-0.3, -0.25) is 19.7 Å². The summed E-state index contributed by atoms with van der Waals surface area (Å²) in [5, 5.41) is 14.4. The van der Waals surface area contributed by atoms with Crippen LogP contribution in [0.2, 0.25) is 5.02 Å². The van der Waals surface area contributed by atoms with Gasteiger partial charge in [0.05, 0.1) is 21.3 Å². The third kappa shape index (κ3) is 4.96. The lowest BCUT2D eigenvalue weighted by Crippen LogP contribution is -2.50. The minimum absolute atomic E-state index is 0.0335. The fraction of sp³-hybridized carbons (Fsp3) is 0.364. The highest BCUT2D eigenvalue weighted by Gasteiger charge is 2.26. The first-order chi connectivity index (χ1) is 14.7. The van der Waals surface area contributed by atoms with Crippen molar-refractivity contribution in [1.82, 2.24) is 4.90 Å². The second-order valence-electron chi connectivity index (χ2n) is 7.82. The van der Waals surface area contributed by atoms with E-state index in [1.165, 1.54) is 18.2 Å². The van der Waals surface area contributed by atoms with Crippen LogP contribution in [0.15, 0.2) is 36.4 Å². The second-order valence-corrected chi connectivity index (χ2v) is 8.22. The van der Waals surface area contributed by atoms with Gasteiger partial charge in [-0.05, 0) is 31.2 Å². The number of para-hydroxylation sites is 1. The summed E-state index contributed by atoms with van der Waals surface area (Å²) < 4.78 is 0. The second kappa shape index (κ2) is 9.34. The minimum atomic E-state index is -0.476. The number of carbonyl (C=O) groups excluding carboxylic acids is 2. The molecule has 1 saturated heterocycles. The maximum Gasteiger partial charge on any atom is 0.272 e. The van der Waals surface area contributed by atoms with E-state index in [0.717, 1.165) is 0 Å². The Balaban J connectivity index is 1.79. The Morgan fingerprint density at radius 1 is 1.13 bits per heavy atom. The average molecular weight is 445 g/mol. The van der Waals surface area contributed by atoms with Crippen molar-refractivity contribution in [3.05, 3.63) is 62.7 Å². The first kappa shape index (κ1) is 22.6. The van der Waals surface area contributed by atoms with E-state index in [1.54, 1.807) is 25.1 Å². The summed E-state index contributed by atoms with van der Waals surface area (Å²) in [6, 6.07) is 9.53. The molecule has 1 heterocycles. The third-order valence-corrected chi connectivity index (χ3v) is 5.60. The molecular weight excluding hydrogens is 420 g/mol. The summed E-state index contributed by atoms with van der Waals surface area (Å²) >= 11 is 6.47. The molecule has 1 aliphatic heterocycles. The molecule has 1 N–H and O–H groups in total. The number of rotatable bonds is 5. The van der Waals surface area contributed by atoms with Crippen molar-refractivity contribution in [2.24, 2.45) is 5.92 Å². The van der Waals surface area contributed by atoms with Crippen molar-refractivity contribution in [3.63, 3.8) is 0 Å². The van der Waals surface area contributed by atoms with Crippen LogP contribution in [0.5, 0.6) is 0 Å². The summed E-state index contributed by atoms with van der Waals surface area (Å²) in [7, 11) is 0. The highest BCUT2D eigenvalue weighted by atomic mass is 35.5. The Morgan fingerprint density at radius 3 is 2.39 bits per heavy atom. The van der Waals surface area contributed by atoms with Crippen LogP contribution in [0.25, 0.3) is 0 Å². The predicted molar refractivity (Wildman–Crippen MR) is 121 cm³/mol. The molecule has 0 saturated carbocycles. The number of nitrogens with one attached hydrogen (secondary N) is 1. The molecule has 8 nitrogen and oxygen atoms in total. The number of hydrogen-bond donors (Lipinski definition) is 1. The summed E-state index contributed by atoms with van der Waals surface area (Å²) in [5.74, 6) is -0.303. The van der Waals surface area contributed by atoms with Gasteiger partial charge in [-0.2, -0.15) is 0 Å². The predicted octanol–water partition coefficient (Wildman–Crippen LogP) is 4.11. The molecule has 0 atom stereocenters. The topological polar surface area (TPSA) is 95.8 Å². The van der Waals surface area contributed by atoms with Crippen molar-refractivity contribution >= 4 is 40.5 Å². The average Bonchev–Trinajstić information content (AvgIpc) is 2.73. The molecule has 0 spiro atoms. The quantitative estimate of drug-likeness (QED) is 0.553. The number of aryl methyl sites for hydroxylation is 1. The molecule has 2 aromatic carbocycles. The van der Waals surface area contributed by atoms with Crippen LogP contribution in [-0.4, -0.2) is 47.8 Å². The summed E-state index contributed by atoms with van der Waals surface area (Å²) in [6.07, 6.45) is 0. The molecular formula is C22H25ClN4O4. The van der Waals surface area contributed by atoms with Gasteiger partial charge in [0.25, 0.3) is 11.6 Å². The Hall–Kier alpha value is -3.13. The lowest BCUT2D eigenvalue weighted by atomic mass is 10.1. The Labute approximate surface area is 185 Å². The van der Waals surface area contributed by atoms with Crippen LogP contribution in [-0.2, 0) is 4.79 Å². The SMILES string of the molecule is Cc1cc(C(=O)Nc2cccc(Cl)c2N2CCN(C(=O)C(C)C)CC2)ccc1[N+](=O)[O-]. The van der Waals surface area contributed by atoms with Crippen molar-refractivity contribution in [3.8, 4) is 0 Å². The molecule has 2 amide bonds. The zero-order chi connectivity index (χ0) is 22.7. The zero-order valence-electron chi connectivity index (χ0n) is 17.7. The number of nitro benzene ring substituents is 1. The molecule has 0 unspecified atom stereocenters. The van der Waals surface area contributed by atoms with Crippen molar-refractivity contribution in [2.45, 2.75) is 20.8 Å². The molecule has 0 bridgehead atoms. The van der Waals surface area contributed by atoms with Gasteiger partial charge in [-0.15, -0.1) is 0 Å². The molecule has 2 aromatic rings.